The van der Waals surface area contributed by atoms with Crippen molar-refractivity contribution in [2.24, 2.45) is 0 Å². The lowest BCUT2D eigenvalue weighted by molar-refractivity contribution is -0.130. The summed E-state index contributed by atoms with van der Waals surface area (Å²) in [6, 6.07) is 9.45. The summed E-state index contributed by atoms with van der Waals surface area (Å²) in [6.07, 6.45) is 1.19. The smallest absolute Gasteiger partial charge is 0.339 e. The molecule has 6 heteroatoms. The SMILES string of the molecule is Cc1cc(OC2CCN(C(=O)CCc3ccccc3F)C2)cc(=O)o1. The number of carbonyl (C=O) groups excluding carboxylic acids is 1. The standard InChI is InChI=1S/C19H20FNO4/c1-13-10-16(11-19(23)24-13)25-15-8-9-21(12-15)18(22)7-6-14-4-2-3-5-17(14)20/h2-5,10-11,15H,6-9,12H2,1H3. The highest BCUT2D eigenvalue weighted by atomic mass is 19.1. The van der Waals surface area contributed by atoms with Gasteiger partial charge in [-0.2, -0.15) is 0 Å². The van der Waals surface area contributed by atoms with Gasteiger partial charge in [0.25, 0.3) is 0 Å². The fraction of sp³-hybridized carbons (Fsp3) is 0.368. The van der Waals surface area contributed by atoms with Gasteiger partial charge in [0.05, 0.1) is 12.6 Å². The van der Waals surface area contributed by atoms with E-state index in [1.807, 2.05) is 0 Å². The highest BCUT2D eigenvalue weighted by Gasteiger charge is 2.27. The molecule has 0 aliphatic carbocycles. The Morgan fingerprint density at radius 1 is 1.36 bits per heavy atom. The number of aryl methyl sites for hydroxylation is 2. The number of amides is 1. The first kappa shape index (κ1) is 17.2. The molecule has 1 aromatic heterocycles. The van der Waals surface area contributed by atoms with E-state index in [0.717, 1.165) is 0 Å². The van der Waals surface area contributed by atoms with Crippen molar-refractivity contribution >= 4 is 5.91 Å². The van der Waals surface area contributed by atoms with E-state index >= 15 is 0 Å². The van der Waals surface area contributed by atoms with Gasteiger partial charge < -0.3 is 14.1 Å². The van der Waals surface area contributed by atoms with Crippen molar-refractivity contribution in [3.8, 4) is 5.75 Å². The molecule has 25 heavy (non-hydrogen) atoms. The van der Waals surface area contributed by atoms with Crippen LogP contribution in [0, 0.1) is 12.7 Å². The van der Waals surface area contributed by atoms with Crippen LogP contribution in [0.4, 0.5) is 4.39 Å². The Kier molecular flexibility index (Phi) is 5.16. The zero-order valence-corrected chi connectivity index (χ0v) is 14.0. The maximum Gasteiger partial charge on any atom is 0.339 e. The molecule has 5 nitrogen and oxygen atoms in total. The number of nitrogens with zero attached hydrogens (tertiary/aromatic N) is 1. The van der Waals surface area contributed by atoms with Crippen molar-refractivity contribution in [2.75, 3.05) is 13.1 Å². The van der Waals surface area contributed by atoms with Crippen molar-refractivity contribution in [1.29, 1.82) is 0 Å². The third-order valence-electron chi connectivity index (χ3n) is 4.23. The first-order valence-corrected chi connectivity index (χ1v) is 8.31. The van der Waals surface area contributed by atoms with E-state index in [2.05, 4.69) is 0 Å². The van der Waals surface area contributed by atoms with Gasteiger partial charge in [-0.15, -0.1) is 0 Å². The van der Waals surface area contributed by atoms with Gasteiger partial charge >= 0.3 is 5.63 Å². The molecule has 3 rings (SSSR count). The van der Waals surface area contributed by atoms with Crippen molar-refractivity contribution in [3.05, 3.63) is 64.0 Å². The second-order valence-corrected chi connectivity index (χ2v) is 6.18. The van der Waals surface area contributed by atoms with Crippen molar-refractivity contribution in [2.45, 2.75) is 32.3 Å². The number of hydrogen-bond acceptors (Lipinski definition) is 4. The lowest BCUT2D eigenvalue weighted by Gasteiger charge is -2.17. The predicted octanol–water partition coefficient (Wildman–Crippen LogP) is 2.70. The molecule has 0 spiro atoms. The molecule has 1 amide bonds. The second kappa shape index (κ2) is 7.51. The molecule has 0 radical (unpaired) electrons. The highest BCUT2D eigenvalue weighted by molar-refractivity contribution is 5.76. The Morgan fingerprint density at radius 2 is 2.16 bits per heavy atom. The van der Waals surface area contributed by atoms with E-state index in [9.17, 15) is 14.0 Å². The summed E-state index contributed by atoms with van der Waals surface area (Å²) in [5, 5.41) is 0. The summed E-state index contributed by atoms with van der Waals surface area (Å²) >= 11 is 0. The number of ether oxygens (including phenoxy) is 1. The minimum atomic E-state index is -0.453. The Hall–Kier alpha value is -2.63. The summed E-state index contributed by atoms with van der Waals surface area (Å²) in [5.41, 5.74) is 0.0974. The molecular weight excluding hydrogens is 325 g/mol. The molecule has 2 heterocycles. The van der Waals surface area contributed by atoms with Gasteiger partial charge in [0.1, 0.15) is 23.4 Å². The lowest BCUT2D eigenvalue weighted by atomic mass is 10.1. The number of carbonyl (C=O) groups is 1. The zero-order chi connectivity index (χ0) is 17.8. The van der Waals surface area contributed by atoms with Gasteiger partial charge in [0.2, 0.25) is 5.91 Å². The van der Waals surface area contributed by atoms with Crippen LogP contribution in [0.25, 0.3) is 0 Å². The van der Waals surface area contributed by atoms with E-state index in [-0.39, 0.29) is 24.2 Å². The van der Waals surface area contributed by atoms with Crippen LogP contribution in [0.1, 0.15) is 24.2 Å². The van der Waals surface area contributed by atoms with Crippen molar-refractivity contribution in [1.82, 2.24) is 4.90 Å². The third kappa shape index (κ3) is 4.47. The van der Waals surface area contributed by atoms with Gasteiger partial charge in [-0.25, -0.2) is 9.18 Å². The van der Waals surface area contributed by atoms with Gasteiger partial charge in [-0.05, 0) is 25.0 Å². The molecule has 1 saturated heterocycles. The monoisotopic (exact) mass is 345 g/mol. The molecule has 0 saturated carbocycles. The lowest BCUT2D eigenvalue weighted by Crippen LogP contribution is -2.31. The van der Waals surface area contributed by atoms with Gasteiger partial charge in [-0.3, -0.25) is 4.79 Å². The topological polar surface area (TPSA) is 59.8 Å². The van der Waals surface area contributed by atoms with Crippen molar-refractivity contribution < 1.29 is 18.3 Å². The second-order valence-electron chi connectivity index (χ2n) is 6.18. The number of hydrogen-bond donors (Lipinski definition) is 0. The molecule has 2 aromatic rings. The average Bonchev–Trinajstić information content (AvgIpc) is 3.01. The maximum atomic E-state index is 13.6. The molecule has 1 atom stereocenters. The maximum absolute atomic E-state index is 13.6. The summed E-state index contributed by atoms with van der Waals surface area (Å²) in [6.45, 7) is 2.75. The van der Waals surface area contributed by atoms with E-state index in [1.165, 1.54) is 12.1 Å². The van der Waals surface area contributed by atoms with Crippen LogP contribution >= 0.6 is 0 Å². The molecule has 1 aromatic carbocycles. The van der Waals surface area contributed by atoms with Gasteiger partial charge in [-0.1, -0.05) is 18.2 Å². The Bertz CT molecular complexity index is 817. The Labute approximate surface area is 145 Å². The summed E-state index contributed by atoms with van der Waals surface area (Å²) < 4.78 is 24.3. The quantitative estimate of drug-likeness (QED) is 0.836. The van der Waals surface area contributed by atoms with Crippen LogP contribution in [-0.4, -0.2) is 30.0 Å². The van der Waals surface area contributed by atoms with Crippen LogP contribution in [0.3, 0.4) is 0 Å². The number of likely N-dealkylation sites (tertiary alicyclic amines) is 1. The van der Waals surface area contributed by atoms with Crippen molar-refractivity contribution in [3.63, 3.8) is 0 Å². The van der Waals surface area contributed by atoms with Crippen LogP contribution in [-0.2, 0) is 11.2 Å². The van der Waals surface area contributed by atoms with Gasteiger partial charge in [0, 0.05) is 25.5 Å². The largest absolute Gasteiger partial charge is 0.488 e. The molecule has 132 valence electrons. The van der Waals surface area contributed by atoms with Crippen LogP contribution in [0.15, 0.2) is 45.6 Å². The zero-order valence-electron chi connectivity index (χ0n) is 14.0. The molecule has 0 bridgehead atoms. The first-order chi connectivity index (χ1) is 12.0. The highest BCUT2D eigenvalue weighted by Crippen LogP contribution is 2.19. The molecule has 1 fully saturated rings. The predicted molar refractivity (Wildman–Crippen MR) is 90.0 cm³/mol. The molecule has 0 N–H and O–H groups in total. The molecule has 1 aliphatic rings. The third-order valence-corrected chi connectivity index (χ3v) is 4.23. The average molecular weight is 345 g/mol. The summed E-state index contributed by atoms with van der Waals surface area (Å²) in [7, 11) is 0. The minimum Gasteiger partial charge on any atom is -0.488 e. The summed E-state index contributed by atoms with van der Waals surface area (Å²) in [5.74, 6) is 0.645. The van der Waals surface area contributed by atoms with Crippen LogP contribution in [0.5, 0.6) is 5.75 Å². The first-order valence-electron chi connectivity index (χ1n) is 8.31. The van der Waals surface area contributed by atoms with Gasteiger partial charge in [0.15, 0.2) is 0 Å². The van der Waals surface area contributed by atoms with E-state index in [1.54, 1.807) is 36.1 Å². The number of rotatable bonds is 5. The van der Waals surface area contributed by atoms with Crippen LogP contribution < -0.4 is 10.4 Å². The Morgan fingerprint density at radius 3 is 2.92 bits per heavy atom. The number of benzene rings is 1. The molecule has 1 aliphatic heterocycles. The summed E-state index contributed by atoms with van der Waals surface area (Å²) in [4.78, 5) is 25.4. The molecule has 1 unspecified atom stereocenters. The minimum absolute atomic E-state index is 0.0156. The Balaban J connectivity index is 1.52. The fourth-order valence-electron chi connectivity index (χ4n) is 2.99. The molecular formula is C19H20FNO4. The normalized spacial score (nSPS) is 16.9. The fourth-order valence-corrected chi connectivity index (χ4v) is 2.99. The number of halogens is 1. The van der Waals surface area contributed by atoms with E-state index in [0.29, 0.717) is 43.0 Å². The van der Waals surface area contributed by atoms with E-state index in [4.69, 9.17) is 9.15 Å². The van der Waals surface area contributed by atoms with Crippen LogP contribution in [0.2, 0.25) is 0 Å². The van der Waals surface area contributed by atoms with E-state index < -0.39 is 5.63 Å².